The third-order valence-electron chi connectivity index (χ3n) is 4.54. The second kappa shape index (κ2) is 7.63. The summed E-state index contributed by atoms with van der Waals surface area (Å²) < 4.78 is 60.7. The zero-order valence-electron chi connectivity index (χ0n) is 16.1. The number of hydrogen-bond acceptors (Lipinski definition) is 2. The summed E-state index contributed by atoms with van der Waals surface area (Å²) in [7, 11) is 0. The number of fused-ring (bicyclic) bond motifs is 1. The molecule has 3 nitrogen and oxygen atoms in total. The minimum Gasteiger partial charge on any atom is -0.443 e. The lowest BCUT2D eigenvalue weighted by Gasteiger charge is -2.39. The zero-order valence-corrected chi connectivity index (χ0v) is 17.7. The van der Waals surface area contributed by atoms with Crippen molar-refractivity contribution in [3.05, 3.63) is 63.4 Å². The molecule has 156 valence electrons. The van der Waals surface area contributed by atoms with Crippen LogP contribution in [0.3, 0.4) is 0 Å². The Morgan fingerprint density at radius 2 is 1.76 bits per heavy atom. The van der Waals surface area contributed by atoms with Crippen LogP contribution in [0.2, 0.25) is 0 Å². The van der Waals surface area contributed by atoms with Crippen LogP contribution in [-0.4, -0.2) is 11.7 Å². The molecule has 8 heteroatoms. The number of carbonyl (C=O) groups excluding carboxylic acids is 1. The van der Waals surface area contributed by atoms with E-state index in [0.717, 1.165) is 11.0 Å². The predicted molar refractivity (Wildman–Crippen MR) is 105 cm³/mol. The highest BCUT2D eigenvalue weighted by Gasteiger charge is 2.43. The number of anilines is 1. The van der Waals surface area contributed by atoms with Crippen LogP contribution in [0.25, 0.3) is 0 Å². The number of aryl methyl sites for hydroxylation is 1. The Kier molecular flexibility index (Phi) is 5.69. The molecule has 29 heavy (non-hydrogen) atoms. The van der Waals surface area contributed by atoms with Crippen molar-refractivity contribution in [1.82, 2.24) is 0 Å². The normalized spacial score (nSPS) is 17.1. The highest BCUT2D eigenvalue weighted by atomic mass is 79.9. The van der Waals surface area contributed by atoms with E-state index in [2.05, 4.69) is 15.9 Å². The van der Waals surface area contributed by atoms with E-state index in [1.807, 2.05) is 0 Å². The molecule has 1 unspecified atom stereocenters. The van der Waals surface area contributed by atoms with Gasteiger partial charge < -0.3 is 4.74 Å². The van der Waals surface area contributed by atoms with Crippen molar-refractivity contribution in [1.29, 1.82) is 0 Å². The van der Waals surface area contributed by atoms with Gasteiger partial charge in [0.05, 0.1) is 17.3 Å². The van der Waals surface area contributed by atoms with Gasteiger partial charge in [-0.2, -0.15) is 13.2 Å². The van der Waals surface area contributed by atoms with E-state index in [-0.39, 0.29) is 10.2 Å². The number of alkyl halides is 3. The van der Waals surface area contributed by atoms with Gasteiger partial charge in [-0.15, -0.1) is 0 Å². The molecule has 0 saturated carbocycles. The Bertz CT molecular complexity index is 920. The molecule has 1 aliphatic rings. The second-order valence-electron chi connectivity index (χ2n) is 7.92. The highest BCUT2D eigenvalue weighted by molar-refractivity contribution is 9.10. The zero-order chi connectivity index (χ0) is 21.6. The molecule has 1 atom stereocenters. The topological polar surface area (TPSA) is 29.5 Å². The van der Waals surface area contributed by atoms with E-state index in [0.29, 0.717) is 24.0 Å². The van der Waals surface area contributed by atoms with E-state index >= 15 is 0 Å². The van der Waals surface area contributed by atoms with E-state index in [1.165, 1.54) is 24.3 Å². The summed E-state index contributed by atoms with van der Waals surface area (Å²) in [5, 5.41) is 0. The number of rotatable bonds is 1. The average molecular weight is 474 g/mol. The molecule has 0 bridgehead atoms. The molecule has 3 rings (SSSR count). The molecule has 2 aromatic rings. The van der Waals surface area contributed by atoms with Crippen molar-refractivity contribution >= 4 is 27.7 Å². The first kappa shape index (κ1) is 21.6. The first-order chi connectivity index (χ1) is 13.4. The molecule has 0 saturated heterocycles. The number of ether oxygens (including phenoxy) is 1. The van der Waals surface area contributed by atoms with Crippen LogP contribution in [0.4, 0.5) is 28.0 Å². The predicted octanol–water partition coefficient (Wildman–Crippen LogP) is 7.04. The third kappa shape index (κ3) is 4.74. The standard InChI is InChI=1S/C21H20BrF4NO2/c1-20(2,3)29-19(28)27-17(12-4-7-15(23)8-5-12)9-6-13-10-14(22)11-16(18(13)27)21(24,25)26/h4-5,7-8,10-11,17H,6,9H2,1-3H3. The van der Waals surface area contributed by atoms with Gasteiger partial charge in [0, 0.05) is 4.47 Å². The van der Waals surface area contributed by atoms with Gasteiger partial charge >= 0.3 is 12.3 Å². The number of halogens is 5. The minimum atomic E-state index is -4.67. The van der Waals surface area contributed by atoms with Crippen molar-refractivity contribution in [3.8, 4) is 0 Å². The lowest BCUT2D eigenvalue weighted by atomic mass is 9.89. The van der Waals surface area contributed by atoms with Gasteiger partial charge in [0.25, 0.3) is 0 Å². The number of amides is 1. The van der Waals surface area contributed by atoms with E-state index in [9.17, 15) is 22.4 Å². The monoisotopic (exact) mass is 473 g/mol. The summed E-state index contributed by atoms with van der Waals surface area (Å²) in [6, 6.07) is 7.25. The fourth-order valence-corrected chi connectivity index (χ4v) is 3.96. The summed E-state index contributed by atoms with van der Waals surface area (Å²) in [6.45, 7) is 4.94. The summed E-state index contributed by atoms with van der Waals surface area (Å²) in [6.07, 6.45) is -4.83. The van der Waals surface area contributed by atoms with Crippen LogP contribution in [0, 0.1) is 5.82 Å². The Morgan fingerprint density at radius 1 is 1.14 bits per heavy atom. The molecule has 0 radical (unpaired) electrons. The maximum Gasteiger partial charge on any atom is 0.418 e. The lowest BCUT2D eigenvalue weighted by molar-refractivity contribution is -0.137. The van der Waals surface area contributed by atoms with Crippen molar-refractivity contribution < 1.29 is 27.1 Å². The molecule has 1 amide bonds. The van der Waals surface area contributed by atoms with Crippen LogP contribution in [-0.2, 0) is 17.3 Å². The van der Waals surface area contributed by atoms with Gasteiger partial charge in [-0.05, 0) is 69.0 Å². The lowest BCUT2D eigenvalue weighted by Crippen LogP contribution is -2.43. The Hall–Kier alpha value is -2.09. The summed E-state index contributed by atoms with van der Waals surface area (Å²) in [5.74, 6) is -0.464. The largest absolute Gasteiger partial charge is 0.443 e. The first-order valence-electron chi connectivity index (χ1n) is 9.04. The van der Waals surface area contributed by atoms with Gasteiger partial charge in [0.2, 0.25) is 0 Å². The molecular weight excluding hydrogens is 454 g/mol. The number of carbonyl (C=O) groups is 1. The molecule has 0 fully saturated rings. The van der Waals surface area contributed by atoms with Crippen molar-refractivity contribution in [2.45, 2.75) is 51.4 Å². The summed E-state index contributed by atoms with van der Waals surface area (Å²) in [4.78, 5) is 14.1. The van der Waals surface area contributed by atoms with Crippen molar-refractivity contribution in [2.75, 3.05) is 4.90 Å². The van der Waals surface area contributed by atoms with Gasteiger partial charge in [0.15, 0.2) is 0 Å². The average Bonchev–Trinajstić information content (AvgIpc) is 2.58. The fourth-order valence-electron chi connectivity index (χ4n) is 3.45. The number of nitrogens with zero attached hydrogens (tertiary/aromatic N) is 1. The molecular formula is C21H20BrF4NO2. The van der Waals surface area contributed by atoms with Gasteiger partial charge in [-0.25, -0.2) is 9.18 Å². The highest BCUT2D eigenvalue weighted by Crippen LogP contribution is 2.47. The Labute approximate surface area is 174 Å². The maximum absolute atomic E-state index is 13.9. The van der Waals surface area contributed by atoms with Crippen LogP contribution in [0.15, 0.2) is 40.9 Å². The van der Waals surface area contributed by atoms with Crippen molar-refractivity contribution in [3.63, 3.8) is 0 Å². The molecule has 2 aromatic carbocycles. The number of benzene rings is 2. The Balaban J connectivity index is 2.20. The molecule has 0 N–H and O–H groups in total. The SMILES string of the molecule is CC(C)(C)OC(=O)N1c2c(cc(Br)cc2C(F)(F)F)CCC1c1ccc(F)cc1. The maximum atomic E-state index is 13.9. The first-order valence-corrected chi connectivity index (χ1v) is 9.83. The van der Waals surface area contributed by atoms with Crippen LogP contribution in [0.1, 0.15) is 49.9 Å². The smallest absolute Gasteiger partial charge is 0.418 e. The van der Waals surface area contributed by atoms with E-state index < -0.39 is 35.3 Å². The molecule has 0 spiro atoms. The summed E-state index contributed by atoms with van der Waals surface area (Å²) >= 11 is 3.13. The van der Waals surface area contributed by atoms with Gasteiger partial charge in [-0.1, -0.05) is 28.1 Å². The van der Waals surface area contributed by atoms with Crippen LogP contribution < -0.4 is 4.90 Å². The molecule has 0 aliphatic carbocycles. The van der Waals surface area contributed by atoms with Crippen LogP contribution >= 0.6 is 15.9 Å². The number of hydrogen-bond donors (Lipinski definition) is 0. The van der Waals surface area contributed by atoms with Crippen LogP contribution in [0.5, 0.6) is 0 Å². The van der Waals surface area contributed by atoms with Crippen molar-refractivity contribution in [2.24, 2.45) is 0 Å². The quantitative estimate of drug-likeness (QED) is 0.415. The fraction of sp³-hybridized carbons (Fsp3) is 0.381. The summed E-state index contributed by atoms with van der Waals surface area (Å²) in [5.41, 5.74) is -1.08. The molecule has 0 aromatic heterocycles. The molecule has 1 heterocycles. The van der Waals surface area contributed by atoms with Gasteiger partial charge in [0.1, 0.15) is 11.4 Å². The second-order valence-corrected chi connectivity index (χ2v) is 8.83. The van der Waals surface area contributed by atoms with E-state index in [4.69, 9.17) is 4.74 Å². The Morgan fingerprint density at radius 3 is 2.31 bits per heavy atom. The minimum absolute atomic E-state index is 0.212. The van der Waals surface area contributed by atoms with Gasteiger partial charge in [-0.3, -0.25) is 4.90 Å². The van der Waals surface area contributed by atoms with E-state index in [1.54, 1.807) is 26.8 Å². The molecule has 1 aliphatic heterocycles. The third-order valence-corrected chi connectivity index (χ3v) is 5.00.